The van der Waals surface area contributed by atoms with Crippen LogP contribution < -0.4 is 25.0 Å². The largest absolute Gasteiger partial charge is 0.497 e. The van der Waals surface area contributed by atoms with E-state index in [1.54, 1.807) is 43.5 Å². The molecule has 3 aromatic carbocycles. The average Bonchev–Trinajstić information content (AvgIpc) is 2.89. The molecule has 2 amide bonds. The lowest BCUT2D eigenvalue weighted by atomic mass is 9.94. The highest BCUT2D eigenvalue weighted by Gasteiger charge is 2.30. The molecular formula is C29H33N3O5. The van der Waals surface area contributed by atoms with E-state index in [9.17, 15) is 9.59 Å². The summed E-state index contributed by atoms with van der Waals surface area (Å²) in [4.78, 5) is 25.6. The third kappa shape index (κ3) is 8.10. The fourth-order valence-electron chi connectivity index (χ4n) is 3.59. The number of benzene rings is 3. The maximum Gasteiger partial charge on any atom is 0.252 e. The zero-order chi connectivity index (χ0) is 26.6. The van der Waals surface area contributed by atoms with Crippen molar-refractivity contribution in [2.45, 2.75) is 27.4 Å². The van der Waals surface area contributed by atoms with Gasteiger partial charge in [-0.2, -0.15) is 5.10 Å². The topological polar surface area (TPSA) is 98.2 Å². The summed E-state index contributed by atoms with van der Waals surface area (Å²) in [5.74, 6) is -0.203. The monoisotopic (exact) mass is 503 g/mol. The van der Waals surface area contributed by atoms with Crippen LogP contribution in [0.2, 0.25) is 0 Å². The molecule has 0 fully saturated rings. The van der Waals surface area contributed by atoms with Gasteiger partial charge in [-0.1, -0.05) is 44.2 Å². The quantitative estimate of drug-likeness (QED) is 0.205. The van der Waals surface area contributed by atoms with Gasteiger partial charge in [-0.3, -0.25) is 9.59 Å². The number of hydrogen-bond donors (Lipinski definition) is 2. The Bertz CT molecular complexity index is 1190. The highest BCUT2D eigenvalue weighted by atomic mass is 16.5. The minimum Gasteiger partial charge on any atom is -0.497 e. The van der Waals surface area contributed by atoms with E-state index >= 15 is 0 Å². The van der Waals surface area contributed by atoms with Crippen LogP contribution in [0, 0.1) is 11.8 Å². The molecule has 37 heavy (non-hydrogen) atoms. The van der Waals surface area contributed by atoms with Crippen LogP contribution in [0.5, 0.6) is 17.2 Å². The summed E-state index contributed by atoms with van der Waals surface area (Å²) in [6.07, 6.45) is 1.50. The molecule has 8 heteroatoms. The molecule has 0 bridgehead atoms. The number of methoxy groups -OCH3 is 1. The Kier molecular flexibility index (Phi) is 10.1. The number of rotatable bonds is 12. The number of anilines is 1. The zero-order valence-corrected chi connectivity index (χ0v) is 21.6. The van der Waals surface area contributed by atoms with Crippen LogP contribution in [-0.4, -0.2) is 31.7 Å². The number of hydrogen-bond acceptors (Lipinski definition) is 6. The number of nitrogens with one attached hydrogen (secondary N) is 2. The third-order valence-corrected chi connectivity index (χ3v) is 5.48. The molecule has 0 heterocycles. The summed E-state index contributed by atoms with van der Waals surface area (Å²) < 4.78 is 16.8. The minimum absolute atomic E-state index is 0.237. The van der Waals surface area contributed by atoms with Crippen LogP contribution in [0.1, 0.15) is 31.9 Å². The fourth-order valence-corrected chi connectivity index (χ4v) is 3.59. The predicted octanol–water partition coefficient (Wildman–Crippen LogP) is 5.03. The lowest BCUT2D eigenvalue weighted by molar-refractivity contribution is -0.134. The van der Waals surface area contributed by atoms with Crippen LogP contribution in [0.25, 0.3) is 0 Å². The van der Waals surface area contributed by atoms with Crippen molar-refractivity contribution in [3.05, 3.63) is 83.9 Å². The molecule has 8 nitrogen and oxygen atoms in total. The van der Waals surface area contributed by atoms with Gasteiger partial charge in [0, 0.05) is 5.69 Å². The Morgan fingerprint density at radius 1 is 0.919 bits per heavy atom. The zero-order valence-electron chi connectivity index (χ0n) is 21.6. The first kappa shape index (κ1) is 27.3. The molecule has 2 N–H and O–H groups in total. The first-order valence-corrected chi connectivity index (χ1v) is 12.1. The Hall–Kier alpha value is -4.33. The maximum absolute atomic E-state index is 12.8. The number of ether oxygens (including phenoxy) is 3. The molecule has 3 rings (SSSR count). The lowest BCUT2D eigenvalue weighted by Gasteiger charge is -2.18. The van der Waals surface area contributed by atoms with E-state index in [2.05, 4.69) is 15.8 Å². The lowest BCUT2D eigenvalue weighted by Crippen LogP contribution is -2.39. The summed E-state index contributed by atoms with van der Waals surface area (Å²) in [5.41, 5.74) is 4.82. The van der Waals surface area contributed by atoms with Gasteiger partial charge in [-0.05, 0) is 66.4 Å². The molecular weight excluding hydrogens is 470 g/mol. The van der Waals surface area contributed by atoms with Crippen LogP contribution in [0.15, 0.2) is 77.9 Å². The molecule has 0 aliphatic carbocycles. The van der Waals surface area contributed by atoms with Gasteiger partial charge in [0.05, 0.1) is 19.9 Å². The van der Waals surface area contributed by atoms with Gasteiger partial charge in [0.1, 0.15) is 18.3 Å². The van der Waals surface area contributed by atoms with E-state index in [1.165, 1.54) is 6.21 Å². The van der Waals surface area contributed by atoms with Crippen molar-refractivity contribution < 1.29 is 23.8 Å². The molecule has 0 spiro atoms. The third-order valence-electron chi connectivity index (χ3n) is 5.48. The fraction of sp³-hybridized carbons (Fsp3) is 0.276. The molecule has 0 aliphatic rings. The van der Waals surface area contributed by atoms with Crippen molar-refractivity contribution in [3.63, 3.8) is 0 Å². The van der Waals surface area contributed by atoms with Crippen molar-refractivity contribution >= 4 is 23.7 Å². The predicted molar refractivity (Wildman–Crippen MR) is 144 cm³/mol. The molecule has 0 aromatic heterocycles. The Morgan fingerprint density at radius 3 is 2.30 bits per heavy atom. The van der Waals surface area contributed by atoms with Crippen molar-refractivity contribution in [2.75, 3.05) is 19.0 Å². The van der Waals surface area contributed by atoms with Crippen molar-refractivity contribution in [1.29, 1.82) is 0 Å². The van der Waals surface area contributed by atoms with Gasteiger partial charge < -0.3 is 19.5 Å². The van der Waals surface area contributed by atoms with Gasteiger partial charge in [0.15, 0.2) is 11.5 Å². The van der Waals surface area contributed by atoms with Crippen LogP contribution in [0.3, 0.4) is 0 Å². The SMILES string of the molecule is CCOc1cc(C=NNC(=O)C(C(=O)Nc2ccc(OC)cc2)C(C)C)ccc1OCc1ccccc1. The van der Waals surface area contributed by atoms with E-state index in [-0.39, 0.29) is 5.92 Å². The van der Waals surface area contributed by atoms with Gasteiger partial charge in [0.2, 0.25) is 5.91 Å². The number of carbonyl (C=O) groups is 2. The Balaban J connectivity index is 1.63. The summed E-state index contributed by atoms with van der Waals surface area (Å²) in [7, 11) is 1.57. The van der Waals surface area contributed by atoms with E-state index in [4.69, 9.17) is 14.2 Å². The van der Waals surface area contributed by atoms with Gasteiger partial charge in [-0.25, -0.2) is 5.43 Å². The van der Waals surface area contributed by atoms with Gasteiger partial charge in [0.25, 0.3) is 5.91 Å². The Morgan fingerprint density at radius 2 is 1.65 bits per heavy atom. The van der Waals surface area contributed by atoms with Crippen LogP contribution in [-0.2, 0) is 16.2 Å². The second kappa shape index (κ2) is 13.7. The van der Waals surface area contributed by atoms with E-state index in [0.29, 0.717) is 41.7 Å². The van der Waals surface area contributed by atoms with Crippen LogP contribution >= 0.6 is 0 Å². The summed E-state index contributed by atoms with van der Waals surface area (Å²) in [5, 5.41) is 6.84. The van der Waals surface area contributed by atoms with E-state index < -0.39 is 17.7 Å². The first-order valence-electron chi connectivity index (χ1n) is 12.1. The van der Waals surface area contributed by atoms with Crippen molar-refractivity contribution in [1.82, 2.24) is 5.43 Å². The number of nitrogens with zero attached hydrogens (tertiary/aromatic N) is 1. The highest BCUT2D eigenvalue weighted by molar-refractivity contribution is 6.06. The summed E-state index contributed by atoms with van der Waals surface area (Å²) >= 11 is 0. The van der Waals surface area contributed by atoms with E-state index in [1.807, 2.05) is 57.2 Å². The molecule has 0 aliphatic heterocycles. The maximum atomic E-state index is 12.8. The smallest absolute Gasteiger partial charge is 0.252 e. The standard InChI is InChI=1S/C29H33N3O5/c1-5-36-26-17-22(11-16-25(26)37-19-21-9-7-6-8-10-21)18-30-32-29(34)27(20(2)3)28(33)31-23-12-14-24(35-4)15-13-23/h6-18,20,27H,5,19H2,1-4H3,(H,31,33)(H,32,34). The van der Waals surface area contributed by atoms with Crippen molar-refractivity contribution in [3.8, 4) is 17.2 Å². The molecule has 0 saturated heterocycles. The number of carbonyl (C=O) groups excluding carboxylic acids is 2. The number of amides is 2. The second-order valence-corrected chi connectivity index (χ2v) is 8.59. The Labute approximate surface area is 217 Å². The minimum atomic E-state index is -0.924. The second-order valence-electron chi connectivity index (χ2n) is 8.59. The van der Waals surface area contributed by atoms with Gasteiger partial charge in [-0.15, -0.1) is 0 Å². The number of hydrazone groups is 1. The molecule has 1 unspecified atom stereocenters. The molecule has 0 saturated carbocycles. The normalized spacial score (nSPS) is 11.7. The summed E-state index contributed by atoms with van der Waals surface area (Å²) in [6.45, 7) is 6.40. The van der Waals surface area contributed by atoms with Crippen molar-refractivity contribution in [2.24, 2.45) is 16.9 Å². The molecule has 0 radical (unpaired) electrons. The molecule has 3 aromatic rings. The summed E-state index contributed by atoms with van der Waals surface area (Å²) in [6, 6.07) is 22.2. The molecule has 1 atom stereocenters. The van der Waals surface area contributed by atoms with E-state index in [0.717, 1.165) is 5.56 Å². The highest BCUT2D eigenvalue weighted by Crippen LogP contribution is 2.29. The average molecular weight is 504 g/mol. The molecule has 194 valence electrons. The van der Waals surface area contributed by atoms with Gasteiger partial charge >= 0.3 is 0 Å². The van der Waals surface area contributed by atoms with Crippen LogP contribution in [0.4, 0.5) is 5.69 Å². The first-order chi connectivity index (χ1) is 17.9.